The van der Waals surface area contributed by atoms with E-state index in [2.05, 4.69) is 10.6 Å². The number of hydrogen-bond donors (Lipinski definition) is 3. The van der Waals surface area contributed by atoms with Gasteiger partial charge in [-0.05, 0) is 38.6 Å². The average Bonchev–Trinajstić information content (AvgIpc) is 2.89. The highest BCUT2D eigenvalue weighted by atomic mass is 32.1. The number of thiophene rings is 1. The van der Waals surface area contributed by atoms with Crippen molar-refractivity contribution < 1.29 is 19.5 Å². The molecule has 0 radical (unpaired) electrons. The van der Waals surface area contributed by atoms with Crippen LogP contribution in [0.4, 0.5) is 0 Å². The van der Waals surface area contributed by atoms with Gasteiger partial charge in [0.15, 0.2) is 0 Å². The maximum Gasteiger partial charge on any atom is 0.303 e. The van der Waals surface area contributed by atoms with Crippen molar-refractivity contribution in [1.82, 2.24) is 10.6 Å². The van der Waals surface area contributed by atoms with Gasteiger partial charge in [-0.1, -0.05) is 6.07 Å². The van der Waals surface area contributed by atoms with Crippen LogP contribution in [0.1, 0.15) is 43.3 Å². The molecule has 1 atom stereocenters. The molecule has 6 nitrogen and oxygen atoms in total. The van der Waals surface area contributed by atoms with E-state index in [0.29, 0.717) is 11.3 Å². The highest BCUT2D eigenvalue weighted by molar-refractivity contribution is 7.12. The molecule has 1 heterocycles. The first-order valence-electron chi connectivity index (χ1n) is 6.59. The summed E-state index contributed by atoms with van der Waals surface area (Å²) in [5.74, 6) is -1.54. The van der Waals surface area contributed by atoms with Crippen molar-refractivity contribution >= 4 is 29.1 Å². The van der Waals surface area contributed by atoms with Crippen LogP contribution in [0.3, 0.4) is 0 Å². The molecule has 0 saturated heterocycles. The van der Waals surface area contributed by atoms with Crippen LogP contribution in [-0.4, -0.2) is 34.5 Å². The van der Waals surface area contributed by atoms with Crippen LogP contribution in [0.2, 0.25) is 0 Å². The number of rotatable bonds is 7. The zero-order valence-corrected chi connectivity index (χ0v) is 13.1. The lowest BCUT2D eigenvalue weighted by atomic mass is 9.98. The minimum Gasteiger partial charge on any atom is -0.481 e. The second-order valence-corrected chi connectivity index (χ2v) is 6.39. The first-order valence-corrected chi connectivity index (χ1v) is 7.47. The topological polar surface area (TPSA) is 95.5 Å². The van der Waals surface area contributed by atoms with Crippen molar-refractivity contribution in [2.24, 2.45) is 0 Å². The van der Waals surface area contributed by atoms with E-state index in [1.54, 1.807) is 38.3 Å². The van der Waals surface area contributed by atoms with Crippen molar-refractivity contribution in [3.05, 3.63) is 22.4 Å². The number of carboxylic acids is 1. The third-order valence-electron chi connectivity index (χ3n) is 2.91. The Morgan fingerprint density at radius 3 is 2.57 bits per heavy atom. The Hall–Kier alpha value is -1.89. The van der Waals surface area contributed by atoms with E-state index in [1.807, 2.05) is 0 Å². The summed E-state index contributed by atoms with van der Waals surface area (Å²) in [7, 11) is 0. The fourth-order valence-corrected chi connectivity index (χ4v) is 2.29. The first kappa shape index (κ1) is 17.2. The fourth-order valence-electron chi connectivity index (χ4n) is 1.66. The summed E-state index contributed by atoms with van der Waals surface area (Å²) in [6.45, 7) is 5.09. The number of nitrogens with one attached hydrogen (secondary N) is 2. The van der Waals surface area contributed by atoms with E-state index in [9.17, 15) is 14.4 Å². The van der Waals surface area contributed by atoms with Crippen LogP contribution in [0.15, 0.2) is 17.5 Å². The lowest BCUT2D eigenvalue weighted by Crippen LogP contribution is -2.52. The molecule has 116 valence electrons. The third-order valence-corrected chi connectivity index (χ3v) is 3.78. The second kappa shape index (κ2) is 7.21. The Morgan fingerprint density at radius 1 is 1.38 bits per heavy atom. The van der Waals surface area contributed by atoms with Crippen molar-refractivity contribution in [3.8, 4) is 0 Å². The van der Waals surface area contributed by atoms with Gasteiger partial charge in [0.05, 0.1) is 4.88 Å². The number of carbonyl (C=O) groups excluding carboxylic acids is 2. The molecule has 3 N–H and O–H groups in total. The molecule has 2 amide bonds. The van der Waals surface area contributed by atoms with Gasteiger partial charge in [0.1, 0.15) is 6.04 Å². The van der Waals surface area contributed by atoms with E-state index in [4.69, 9.17) is 5.11 Å². The van der Waals surface area contributed by atoms with E-state index >= 15 is 0 Å². The fraction of sp³-hybridized carbons (Fsp3) is 0.500. The van der Waals surface area contributed by atoms with Crippen molar-refractivity contribution in [2.75, 3.05) is 0 Å². The van der Waals surface area contributed by atoms with Crippen LogP contribution in [0, 0.1) is 0 Å². The van der Waals surface area contributed by atoms with Gasteiger partial charge in [-0.3, -0.25) is 14.4 Å². The predicted octanol–water partition coefficient (Wildman–Crippen LogP) is 1.63. The van der Waals surface area contributed by atoms with Crippen LogP contribution >= 0.6 is 11.3 Å². The van der Waals surface area contributed by atoms with Gasteiger partial charge in [0.25, 0.3) is 5.91 Å². The summed E-state index contributed by atoms with van der Waals surface area (Å²) in [4.78, 5) is 35.0. The largest absolute Gasteiger partial charge is 0.481 e. The molecule has 0 aliphatic carbocycles. The third kappa shape index (κ3) is 5.95. The molecule has 1 aromatic heterocycles. The molecular weight excluding hydrogens is 292 g/mol. The van der Waals surface area contributed by atoms with Crippen LogP contribution in [0.5, 0.6) is 0 Å². The molecule has 0 bridgehead atoms. The monoisotopic (exact) mass is 312 g/mol. The van der Waals surface area contributed by atoms with Gasteiger partial charge >= 0.3 is 5.97 Å². The van der Waals surface area contributed by atoms with E-state index < -0.39 is 17.6 Å². The minimum absolute atomic E-state index is 0.0246. The molecule has 0 aliphatic rings. The van der Waals surface area contributed by atoms with Crippen LogP contribution < -0.4 is 10.6 Å². The predicted molar refractivity (Wildman–Crippen MR) is 80.3 cm³/mol. The summed E-state index contributed by atoms with van der Waals surface area (Å²) in [6, 6.07) is 2.75. The summed E-state index contributed by atoms with van der Waals surface area (Å²) in [5.41, 5.74) is -0.641. The highest BCUT2D eigenvalue weighted by Gasteiger charge is 2.25. The standard InChI is InChI=1S/C14H20N2O4S/c1-9(15-13(20)10-5-4-8-21-10)12(19)16-14(2,3)7-6-11(17)18/h4-5,8-9H,6-7H2,1-3H3,(H,15,20)(H,16,19)(H,17,18). The molecule has 1 rings (SSSR count). The number of aliphatic carboxylic acids is 1. The summed E-state index contributed by atoms with van der Waals surface area (Å²) >= 11 is 1.30. The molecule has 1 unspecified atom stereocenters. The zero-order chi connectivity index (χ0) is 16.0. The van der Waals surface area contributed by atoms with Crippen LogP contribution in [-0.2, 0) is 9.59 Å². The lowest BCUT2D eigenvalue weighted by molar-refractivity contribution is -0.137. The molecule has 1 aromatic rings. The van der Waals surface area contributed by atoms with Crippen molar-refractivity contribution in [1.29, 1.82) is 0 Å². The van der Waals surface area contributed by atoms with E-state index in [-0.39, 0.29) is 18.2 Å². The highest BCUT2D eigenvalue weighted by Crippen LogP contribution is 2.12. The average molecular weight is 312 g/mol. The Morgan fingerprint density at radius 2 is 2.05 bits per heavy atom. The maximum absolute atomic E-state index is 12.0. The Labute approximate surface area is 127 Å². The molecule has 0 aliphatic heterocycles. The number of carboxylic acid groups (broad SMARTS) is 1. The summed E-state index contributed by atoms with van der Waals surface area (Å²) < 4.78 is 0. The number of carbonyl (C=O) groups is 3. The number of hydrogen-bond acceptors (Lipinski definition) is 4. The smallest absolute Gasteiger partial charge is 0.303 e. The second-order valence-electron chi connectivity index (χ2n) is 5.44. The van der Waals surface area contributed by atoms with Gasteiger partial charge < -0.3 is 15.7 Å². The minimum atomic E-state index is -0.906. The van der Waals surface area contributed by atoms with Gasteiger partial charge in [-0.2, -0.15) is 0 Å². The molecular formula is C14H20N2O4S. The van der Waals surface area contributed by atoms with Crippen LogP contribution in [0.25, 0.3) is 0 Å². The molecule has 0 spiro atoms. The normalized spacial score (nSPS) is 12.5. The Kier molecular flexibility index (Phi) is 5.90. The first-order chi connectivity index (χ1) is 9.71. The molecule has 0 saturated carbocycles. The summed E-state index contributed by atoms with van der Waals surface area (Å²) in [5, 5.41) is 15.8. The van der Waals surface area contributed by atoms with Gasteiger partial charge in [-0.25, -0.2) is 0 Å². The summed E-state index contributed by atoms with van der Waals surface area (Å²) in [6.07, 6.45) is 0.295. The Balaban J connectivity index is 2.50. The zero-order valence-electron chi connectivity index (χ0n) is 12.3. The molecule has 7 heteroatoms. The Bertz CT molecular complexity index is 511. The van der Waals surface area contributed by atoms with Gasteiger partial charge in [0, 0.05) is 12.0 Å². The molecule has 21 heavy (non-hydrogen) atoms. The maximum atomic E-state index is 12.0. The number of amides is 2. The molecule has 0 fully saturated rings. The van der Waals surface area contributed by atoms with Crippen molar-refractivity contribution in [2.45, 2.75) is 45.2 Å². The van der Waals surface area contributed by atoms with Crippen molar-refractivity contribution in [3.63, 3.8) is 0 Å². The SMILES string of the molecule is CC(NC(=O)c1cccs1)C(=O)NC(C)(C)CCC(=O)O. The lowest BCUT2D eigenvalue weighted by Gasteiger charge is -2.27. The van der Waals surface area contributed by atoms with E-state index in [0.717, 1.165) is 0 Å². The van der Waals surface area contributed by atoms with E-state index in [1.165, 1.54) is 11.3 Å². The molecule has 0 aromatic carbocycles. The van der Waals surface area contributed by atoms with Gasteiger partial charge in [-0.15, -0.1) is 11.3 Å². The quantitative estimate of drug-likeness (QED) is 0.713. The van der Waals surface area contributed by atoms with Gasteiger partial charge in [0.2, 0.25) is 5.91 Å².